The second-order valence-corrected chi connectivity index (χ2v) is 7.24. The van der Waals surface area contributed by atoms with E-state index in [0.29, 0.717) is 24.5 Å². The van der Waals surface area contributed by atoms with Gasteiger partial charge >= 0.3 is 0 Å². The summed E-state index contributed by atoms with van der Waals surface area (Å²) in [4.78, 5) is 16.6. The third-order valence-electron chi connectivity index (χ3n) is 4.55. The monoisotopic (exact) mass is 404 g/mol. The normalized spacial score (nSPS) is 10.7. The van der Waals surface area contributed by atoms with Crippen LogP contribution in [0.15, 0.2) is 71.6 Å². The Kier molecular flexibility index (Phi) is 5.72. The van der Waals surface area contributed by atoms with Crippen molar-refractivity contribution in [1.82, 2.24) is 10.3 Å². The number of benzene rings is 3. The van der Waals surface area contributed by atoms with E-state index in [0.717, 1.165) is 27.8 Å². The molecule has 146 valence electrons. The number of hydrogen-bond donors (Lipinski definition) is 1. The molecule has 1 heterocycles. The number of nitrogens with one attached hydrogen (secondary N) is 1. The van der Waals surface area contributed by atoms with Crippen LogP contribution in [0.4, 0.5) is 0 Å². The molecule has 1 N–H and O–H groups in total. The molecule has 0 unspecified atom stereocenters. The molecule has 1 amide bonds. The molecule has 0 saturated carbocycles. The maximum atomic E-state index is 12.4. The van der Waals surface area contributed by atoms with Crippen LogP contribution in [0.1, 0.15) is 21.6 Å². The van der Waals surface area contributed by atoms with Crippen LogP contribution in [0.3, 0.4) is 0 Å². The molecule has 0 aliphatic carbocycles. The fraction of sp³-hybridized carbons (Fsp3) is 0.130. The van der Waals surface area contributed by atoms with Crippen LogP contribution < -0.4 is 14.8 Å². The zero-order valence-corrected chi connectivity index (χ0v) is 16.7. The standard InChI is InChI=1S/C23H20N2O3S/c1-27-22-9-6-18-10-16(2-3-19(18)11-22)12-24-23(26)17-4-7-21(8-5-17)28-13-20-14-29-15-25-20/h2-11,14-15H,12-13H2,1H3,(H,24,26). The number of carbonyl (C=O) groups is 1. The zero-order valence-electron chi connectivity index (χ0n) is 15.9. The highest BCUT2D eigenvalue weighted by atomic mass is 32.1. The van der Waals surface area contributed by atoms with E-state index < -0.39 is 0 Å². The molecule has 0 fully saturated rings. The average Bonchev–Trinajstić information content (AvgIpc) is 3.29. The molecule has 0 aliphatic heterocycles. The second kappa shape index (κ2) is 8.75. The number of nitrogens with zero attached hydrogens (tertiary/aromatic N) is 1. The Morgan fingerprint density at radius 3 is 2.52 bits per heavy atom. The van der Waals surface area contributed by atoms with Gasteiger partial charge in [-0.05, 0) is 58.8 Å². The van der Waals surface area contributed by atoms with Crippen molar-refractivity contribution in [2.45, 2.75) is 13.2 Å². The lowest BCUT2D eigenvalue weighted by atomic mass is 10.1. The number of methoxy groups -OCH3 is 1. The summed E-state index contributed by atoms with van der Waals surface area (Å²) in [5, 5.41) is 7.13. The SMILES string of the molecule is COc1ccc2cc(CNC(=O)c3ccc(OCc4cscn4)cc3)ccc2c1. The first-order valence-electron chi connectivity index (χ1n) is 9.16. The summed E-state index contributed by atoms with van der Waals surface area (Å²) in [6, 6.07) is 19.2. The quantitative estimate of drug-likeness (QED) is 0.480. The Hall–Kier alpha value is -3.38. The van der Waals surface area contributed by atoms with Gasteiger partial charge in [0.1, 0.15) is 18.1 Å². The maximum absolute atomic E-state index is 12.4. The molecule has 0 spiro atoms. The smallest absolute Gasteiger partial charge is 0.251 e. The number of hydrogen-bond acceptors (Lipinski definition) is 5. The van der Waals surface area contributed by atoms with Crippen LogP contribution in [0.2, 0.25) is 0 Å². The van der Waals surface area contributed by atoms with Gasteiger partial charge in [0.25, 0.3) is 5.91 Å². The fourth-order valence-corrected chi connectivity index (χ4v) is 3.51. The average molecular weight is 404 g/mol. The third kappa shape index (κ3) is 4.73. The number of fused-ring (bicyclic) bond motifs is 1. The maximum Gasteiger partial charge on any atom is 0.251 e. The molecule has 4 aromatic rings. The fourth-order valence-electron chi connectivity index (χ4n) is 2.96. The number of ether oxygens (including phenoxy) is 2. The Bertz CT molecular complexity index is 1110. The number of rotatable bonds is 7. The largest absolute Gasteiger partial charge is 0.497 e. The van der Waals surface area contributed by atoms with Gasteiger partial charge in [-0.1, -0.05) is 18.2 Å². The van der Waals surface area contributed by atoms with Crippen molar-refractivity contribution in [3.8, 4) is 11.5 Å². The van der Waals surface area contributed by atoms with Crippen LogP contribution in [0.5, 0.6) is 11.5 Å². The summed E-state index contributed by atoms with van der Waals surface area (Å²) < 4.78 is 10.9. The van der Waals surface area contributed by atoms with Gasteiger partial charge in [-0.25, -0.2) is 4.98 Å². The predicted octanol–water partition coefficient (Wildman–Crippen LogP) is 4.81. The van der Waals surface area contributed by atoms with E-state index >= 15 is 0 Å². The highest BCUT2D eigenvalue weighted by Gasteiger charge is 2.07. The van der Waals surface area contributed by atoms with Gasteiger partial charge in [0.05, 0.1) is 18.3 Å². The third-order valence-corrected chi connectivity index (χ3v) is 5.19. The zero-order chi connectivity index (χ0) is 20.1. The molecular weight excluding hydrogens is 384 g/mol. The lowest BCUT2D eigenvalue weighted by Gasteiger charge is -2.09. The van der Waals surface area contributed by atoms with Crippen molar-refractivity contribution in [2.75, 3.05) is 7.11 Å². The molecule has 0 bridgehead atoms. The summed E-state index contributed by atoms with van der Waals surface area (Å²) in [7, 11) is 1.66. The molecule has 4 rings (SSSR count). The summed E-state index contributed by atoms with van der Waals surface area (Å²) >= 11 is 1.54. The lowest BCUT2D eigenvalue weighted by molar-refractivity contribution is 0.0951. The van der Waals surface area contributed by atoms with Crippen molar-refractivity contribution >= 4 is 28.0 Å². The minimum atomic E-state index is -0.120. The van der Waals surface area contributed by atoms with Gasteiger partial charge < -0.3 is 14.8 Å². The molecule has 0 atom stereocenters. The van der Waals surface area contributed by atoms with E-state index in [1.807, 2.05) is 35.7 Å². The van der Waals surface area contributed by atoms with Crippen LogP contribution in [-0.2, 0) is 13.2 Å². The Balaban J connectivity index is 1.34. The van der Waals surface area contributed by atoms with Gasteiger partial charge in [0.15, 0.2) is 0 Å². The number of carbonyl (C=O) groups excluding carboxylic acids is 1. The van der Waals surface area contributed by atoms with Crippen molar-refractivity contribution in [2.24, 2.45) is 0 Å². The van der Waals surface area contributed by atoms with Crippen LogP contribution in [0, 0.1) is 0 Å². The topological polar surface area (TPSA) is 60.5 Å². The minimum Gasteiger partial charge on any atom is -0.497 e. The van der Waals surface area contributed by atoms with Gasteiger partial charge in [-0.2, -0.15) is 0 Å². The molecule has 0 radical (unpaired) electrons. The van der Waals surface area contributed by atoms with E-state index in [-0.39, 0.29) is 5.91 Å². The second-order valence-electron chi connectivity index (χ2n) is 6.52. The molecule has 6 heteroatoms. The Morgan fingerprint density at radius 2 is 1.76 bits per heavy atom. The van der Waals surface area contributed by atoms with E-state index in [2.05, 4.69) is 16.4 Å². The lowest BCUT2D eigenvalue weighted by Crippen LogP contribution is -2.22. The van der Waals surface area contributed by atoms with Gasteiger partial charge in [0, 0.05) is 17.5 Å². The highest BCUT2D eigenvalue weighted by Crippen LogP contribution is 2.22. The highest BCUT2D eigenvalue weighted by molar-refractivity contribution is 7.07. The van der Waals surface area contributed by atoms with Crippen LogP contribution >= 0.6 is 11.3 Å². The molecule has 0 aliphatic rings. The minimum absolute atomic E-state index is 0.120. The van der Waals surface area contributed by atoms with Gasteiger partial charge in [-0.3, -0.25) is 4.79 Å². The van der Waals surface area contributed by atoms with E-state index in [4.69, 9.17) is 9.47 Å². The number of amides is 1. The summed E-state index contributed by atoms with van der Waals surface area (Å²) in [6.45, 7) is 0.881. The molecule has 3 aromatic carbocycles. The summed E-state index contributed by atoms with van der Waals surface area (Å²) in [5.41, 5.74) is 4.31. The van der Waals surface area contributed by atoms with Crippen LogP contribution in [-0.4, -0.2) is 18.0 Å². The molecule has 1 aromatic heterocycles. The van der Waals surface area contributed by atoms with Crippen LogP contribution in [0.25, 0.3) is 10.8 Å². The molecular formula is C23H20N2O3S. The Morgan fingerprint density at radius 1 is 1.00 bits per heavy atom. The Labute approximate surface area is 172 Å². The van der Waals surface area contributed by atoms with Crippen molar-refractivity contribution in [3.63, 3.8) is 0 Å². The van der Waals surface area contributed by atoms with Crippen molar-refractivity contribution in [3.05, 3.63) is 88.4 Å². The number of aromatic nitrogens is 1. The molecule has 0 saturated heterocycles. The van der Waals surface area contributed by atoms with Crippen molar-refractivity contribution in [1.29, 1.82) is 0 Å². The first-order valence-corrected chi connectivity index (χ1v) is 10.1. The summed E-state index contributed by atoms with van der Waals surface area (Å²) in [5.74, 6) is 1.42. The molecule has 5 nitrogen and oxygen atoms in total. The van der Waals surface area contributed by atoms with Crippen molar-refractivity contribution < 1.29 is 14.3 Å². The van der Waals surface area contributed by atoms with Gasteiger partial charge in [0.2, 0.25) is 0 Å². The first-order chi connectivity index (χ1) is 14.2. The first kappa shape index (κ1) is 19.0. The summed E-state index contributed by atoms with van der Waals surface area (Å²) in [6.07, 6.45) is 0. The predicted molar refractivity (Wildman–Crippen MR) is 115 cm³/mol. The number of thiazole rings is 1. The van der Waals surface area contributed by atoms with Gasteiger partial charge in [-0.15, -0.1) is 11.3 Å². The van der Waals surface area contributed by atoms with E-state index in [9.17, 15) is 4.79 Å². The van der Waals surface area contributed by atoms with E-state index in [1.165, 1.54) is 11.3 Å². The van der Waals surface area contributed by atoms with E-state index in [1.54, 1.807) is 36.9 Å². The molecule has 29 heavy (non-hydrogen) atoms.